The molecule has 1 aromatic carbocycles. The molecule has 1 heterocycles. The average Bonchev–Trinajstić information content (AvgIpc) is 2.65. The van der Waals surface area contributed by atoms with Crippen molar-refractivity contribution in [1.29, 1.82) is 0 Å². The molecule has 1 aromatic heterocycles. The van der Waals surface area contributed by atoms with Crippen LogP contribution in [0.1, 0.15) is 27.3 Å². The lowest BCUT2D eigenvalue weighted by Gasteiger charge is -2.09. The minimum Gasteiger partial charge on any atom is -0.495 e. The summed E-state index contributed by atoms with van der Waals surface area (Å²) in [6, 6.07) is 7.87. The molecule has 0 unspecified atom stereocenters. The molecule has 0 spiro atoms. The number of anilines is 1. The van der Waals surface area contributed by atoms with E-state index in [9.17, 15) is 9.59 Å². The van der Waals surface area contributed by atoms with Crippen molar-refractivity contribution in [2.75, 3.05) is 32.7 Å². The van der Waals surface area contributed by atoms with Crippen LogP contribution in [0.5, 0.6) is 5.75 Å². The molecule has 0 bridgehead atoms. The summed E-state index contributed by atoms with van der Waals surface area (Å²) in [7, 11) is 3.11. The van der Waals surface area contributed by atoms with E-state index in [2.05, 4.69) is 15.6 Å². The molecule has 138 valence electrons. The van der Waals surface area contributed by atoms with E-state index in [4.69, 9.17) is 21.1 Å². The van der Waals surface area contributed by atoms with Crippen LogP contribution in [-0.4, -0.2) is 44.2 Å². The number of ether oxygens (including phenoxy) is 2. The van der Waals surface area contributed by atoms with Crippen molar-refractivity contribution in [1.82, 2.24) is 10.3 Å². The Bertz CT molecular complexity index is 783. The lowest BCUT2D eigenvalue weighted by molar-refractivity contribution is 0.0948. The van der Waals surface area contributed by atoms with E-state index < -0.39 is 5.91 Å². The van der Waals surface area contributed by atoms with E-state index in [1.807, 2.05) is 0 Å². The molecular weight excluding hydrogens is 358 g/mol. The number of nitrogens with zero attached hydrogens (tertiary/aromatic N) is 1. The van der Waals surface area contributed by atoms with Crippen LogP contribution in [0, 0.1) is 0 Å². The number of hydrogen-bond acceptors (Lipinski definition) is 5. The molecule has 0 radical (unpaired) electrons. The molecule has 0 saturated carbocycles. The van der Waals surface area contributed by atoms with Gasteiger partial charge in [-0.2, -0.15) is 0 Å². The lowest BCUT2D eigenvalue weighted by atomic mass is 10.2. The summed E-state index contributed by atoms with van der Waals surface area (Å²) < 4.78 is 10.00. The lowest BCUT2D eigenvalue weighted by Crippen LogP contribution is -2.25. The van der Waals surface area contributed by atoms with Crippen LogP contribution < -0.4 is 15.4 Å². The molecule has 0 aliphatic heterocycles. The van der Waals surface area contributed by atoms with E-state index in [1.54, 1.807) is 31.4 Å². The van der Waals surface area contributed by atoms with Crippen LogP contribution in [-0.2, 0) is 4.74 Å². The molecule has 2 rings (SSSR count). The highest BCUT2D eigenvalue weighted by Crippen LogP contribution is 2.27. The number of aromatic nitrogens is 1. The van der Waals surface area contributed by atoms with Crippen LogP contribution >= 0.6 is 11.6 Å². The van der Waals surface area contributed by atoms with E-state index in [0.717, 1.165) is 0 Å². The molecule has 8 heteroatoms. The average molecular weight is 378 g/mol. The number of benzene rings is 1. The van der Waals surface area contributed by atoms with Crippen molar-refractivity contribution in [3.05, 3.63) is 52.8 Å². The van der Waals surface area contributed by atoms with Gasteiger partial charge >= 0.3 is 0 Å². The first-order valence-electron chi connectivity index (χ1n) is 7.93. The third-order valence-electron chi connectivity index (χ3n) is 3.48. The number of pyridine rings is 1. The standard InChI is InChI=1S/C18H20ClN3O4/c1-25-9-3-7-21-17(23)12-6-8-20-15(10-12)18(24)22-13-4-5-16(26-2)14(19)11-13/h4-6,8,10-11H,3,7,9H2,1-2H3,(H,21,23)(H,22,24). The molecule has 2 amide bonds. The molecule has 2 aromatic rings. The Labute approximate surface area is 156 Å². The predicted molar refractivity (Wildman–Crippen MR) is 99.0 cm³/mol. The summed E-state index contributed by atoms with van der Waals surface area (Å²) in [6.07, 6.45) is 2.12. The number of rotatable bonds is 8. The number of nitrogens with one attached hydrogen (secondary N) is 2. The second kappa shape index (κ2) is 9.74. The zero-order valence-corrected chi connectivity index (χ0v) is 15.3. The number of hydrogen-bond donors (Lipinski definition) is 2. The van der Waals surface area contributed by atoms with Crippen molar-refractivity contribution in [3.8, 4) is 5.75 Å². The second-order valence-electron chi connectivity index (χ2n) is 5.34. The second-order valence-corrected chi connectivity index (χ2v) is 5.74. The zero-order chi connectivity index (χ0) is 18.9. The Hall–Kier alpha value is -2.64. The summed E-state index contributed by atoms with van der Waals surface area (Å²) in [5.41, 5.74) is 0.980. The summed E-state index contributed by atoms with van der Waals surface area (Å²) in [5.74, 6) is -0.208. The molecule has 0 saturated heterocycles. The number of amides is 2. The van der Waals surface area contributed by atoms with Crippen molar-refractivity contribution >= 4 is 29.1 Å². The van der Waals surface area contributed by atoms with Crippen LogP contribution in [0.4, 0.5) is 5.69 Å². The molecule has 0 aliphatic rings. The summed E-state index contributed by atoms with van der Waals surface area (Å²) >= 11 is 6.04. The maximum atomic E-state index is 12.4. The molecule has 7 nitrogen and oxygen atoms in total. The first kappa shape index (κ1) is 19.7. The van der Waals surface area contributed by atoms with Crippen LogP contribution in [0.25, 0.3) is 0 Å². The summed E-state index contributed by atoms with van der Waals surface area (Å²) in [4.78, 5) is 28.5. The van der Waals surface area contributed by atoms with Crippen molar-refractivity contribution < 1.29 is 19.1 Å². The number of halogens is 1. The van der Waals surface area contributed by atoms with Gasteiger partial charge in [0.25, 0.3) is 11.8 Å². The molecule has 2 N–H and O–H groups in total. The fraction of sp³-hybridized carbons (Fsp3) is 0.278. The SMILES string of the molecule is COCCCNC(=O)c1ccnc(C(=O)Nc2ccc(OC)c(Cl)c2)c1. The van der Waals surface area contributed by atoms with Gasteiger partial charge in [0.05, 0.1) is 12.1 Å². The molecule has 0 fully saturated rings. The number of carbonyl (C=O) groups excluding carboxylic acids is 2. The molecule has 26 heavy (non-hydrogen) atoms. The highest BCUT2D eigenvalue weighted by molar-refractivity contribution is 6.32. The first-order chi connectivity index (χ1) is 12.5. The van der Waals surface area contributed by atoms with Crippen LogP contribution in [0.2, 0.25) is 5.02 Å². The highest BCUT2D eigenvalue weighted by Gasteiger charge is 2.13. The number of carbonyl (C=O) groups is 2. The van der Waals surface area contributed by atoms with Gasteiger partial charge in [-0.15, -0.1) is 0 Å². The van der Waals surface area contributed by atoms with Crippen molar-refractivity contribution in [3.63, 3.8) is 0 Å². The van der Waals surface area contributed by atoms with Gasteiger partial charge in [-0.05, 0) is 36.8 Å². The smallest absolute Gasteiger partial charge is 0.274 e. The molecule has 0 aliphatic carbocycles. The maximum Gasteiger partial charge on any atom is 0.274 e. The van der Waals surface area contributed by atoms with E-state index in [0.29, 0.717) is 41.6 Å². The van der Waals surface area contributed by atoms with Crippen LogP contribution in [0.15, 0.2) is 36.5 Å². The Balaban J connectivity index is 2.03. The maximum absolute atomic E-state index is 12.4. The van der Waals surface area contributed by atoms with Gasteiger partial charge in [-0.3, -0.25) is 14.6 Å². The fourth-order valence-corrected chi connectivity index (χ4v) is 2.41. The van der Waals surface area contributed by atoms with Gasteiger partial charge in [0.2, 0.25) is 0 Å². The minimum atomic E-state index is -0.444. The Morgan fingerprint density at radius 3 is 2.65 bits per heavy atom. The number of methoxy groups -OCH3 is 2. The van der Waals surface area contributed by atoms with Gasteiger partial charge in [0.1, 0.15) is 11.4 Å². The molecule has 0 atom stereocenters. The van der Waals surface area contributed by atoms with E-state index in [1.165, 1.54) is 19.4 Å². The van der Waals surface area contributed by atoms with Gasteiger partial charge in [0, 0.05) is 37.7 Å². The normalized spacial score (nSPS) is 10.3. The Kier molecular flexibility index (Phi) is 7.37. The Morgan fingerprint density at radius 1 is 1.15 bits per heavy atom. The van der Waals surface area contributed by atoms with Gasteiger partial charge in [-0.25, -0.2) is 0 Å². The predicted octanol–water partition coefficient (Wildman–Crippen LogP) is 2.76. The quantitative estimate of drug-likeness (QED) is 0.690. The van der Waals surface area contributed by atoms with Gasteiger partial charge in [-0.1, -0.05) is 11.6 Å². The summed E-state index contributed by atoms with van der Waals surface area (Å²) in [5, 5.41) is 5.82. The monoisotopic (exact) mass is 377 g/mol. The topological polar surface area (TPSA) is 89.5 Å². The van der Waals surface area contributed by atoms with Gasteiger partial charge < -0.3 is 20.1 Å². The van der Waals surface area contributed by atoms with Crippen LogP contribution in [0.3, 0.4) is 0 Å². The molecular formula is C18H20ClN3O4. The third-order valence-corrected chi connectivity index (χ3v) is 3.77. The fourth-order valence-electron chi connectivity index (χ4n) is 2.16. The van der Waals surface area contributed by atoms with Crippen molar-refractivity contribution in [2.24, 2.45) is 0 Å². The zero-order valence-electron chi connectivity index (χ0n) is 14.5. The minimum absolute atomic E-state index is 0.126. The van der Waals surface area contributed by atoms with E-state index in [-0.39, 0.29) is 11.6 Å². The largest absolute Gasteiger partial charge is 0.495 e. The van der Waals surface area contributed by atoms with Gasteiger partial charge in [0.15, 0.2) is 0 Å². The highest BCUT2D eigenvalue weighted by atomic mass is 35.5. The first-order valence-corrected chi connectivity index (χ1v) is 8.31. The van der Waals surface area contributed by atoms with Crippen molar-refractivity contribution in [2.45, 2.75) is 6.42 Å². The third kappa shape index (κ3) is 5.44. The van der Waals surface area contributed by atoms with E-state index >= 15 is 0 Å². The Morgan fingerprint density at radius 2 is 1.96 bits per heavy atom. The summed E-state index contributed by atoms with van der Waals surface area (Å²) in [6.45, 7) is 1.05.